The van der Waals surface area contributed by atoms with Crippen LogP contribution < -0.4 is 54.3 Å². The van der Waals surface area contributed by atoms with Crippen molar-refractivity contribution in [3.8, 4) is 69.0 Å². The van der Waals surface area contributed by atoms with Crippen LogP contribution in [0.25, 0.3) is 0 Å². The number of hydrogen-bond acceptors (Lipinski definition) is 45. The Morgan fingerprint density at radius 2 is 0.250 bits per heavy atom. The van der Waals surface area contributed by atoms with Crippen LogP contribution in [0.5, 0.6) is 69.0 Å². The van der Waals surface area contributed by atoms with Gasteiger partial charge in [0.2, 0.25) is 59.0 Å². The Labute approximate surface area is 843 Å². The van der Waals surface area contributed by atoms with Crippen LogP contribution in [0.1, 0.15) is 0 Å². The van der Waals surface area contributed by atoms with Crippen LogP contribution in [0.3, 0.4) is 0 Å². The molecule has 72 heteroatoms. The average Bonchev–Trinajstić information content (AvgIpc) is 0.723. The van der Waals surface area contributed by atoms with E-state index in [-0.39, 0.29) is 128 Å². The Kier molecular flexibility index (Phi) is 32.4. The minimum Gasteiger partial charge on any atom is -0.413 e. The molecule has 0 amide bonds. The van der Waals surface area contributed by atoms with Crippen molar-refractivity contribution in [2.45, 2.75) is 58.7 Å². The molecule has 144 heavy (non-hydrogen) atoms. The van der Waals surface area contributed by atoms with Gasteiger partial charge in [0.05, 0.1) is 58.7 Å². The van der Waals surface area contributed by atoms with Gasteiger partial charge in [-0.1, -0.05) is 13.5 Å². The molecular weight excluding hydrogens is 2390 g/mol. The van der Waals surface area contributed by atoms with E-state index in [2.05, 4.69) is 81.2 Å². The van der Waals surface area contributed by atoms with E-state index >= 15 is 0 Å². The van der Waals surface area contributed by atoms with Crippen molar-refractivity contribution < 1.29 is 105 Å². The van der Waals surface area contributed by atoms with Gasteiger partial charge in [0, 0.05) is 54.1 Å². The Hall–Kier alpha value is -9.57. The van der Waals surface area contributed by atoms with Gasteiger partial charge in [-0.25, -0.2) is 50.5 Å². The molecule has 0 bridgehead atoms. The maximum absolute atomic E-state index is 14.9. The summed E-state index contributed by atoms with van der Waals surface area (Å²) in [5.41, 5.74) is 0. The number of rotatable bonds is 36. The predicted octanol–water partition coefficient (Wildman–Crippen LogP) is 26.0. The molecule has 720 valence electrons. The Bertz CT molecular complexity index is 7410. The van der Waals surface area contributed by atoms with Gasteiger partial charge in [0.15, 0.2) is 34.5 Å². The van der Waals surface area contributed by atoms with Crippen molar-refractivity contribution in [3.63, 3.8) is 0 Å². The molecule has 6 aromatic heterocycles. The number of sulfone groups is 6. The van der Waals surface area contributed by atoms with E-state index in [1.807, 2.05) is 0 Å². The standard InChI is InChI=1S/C72H48N21O24P21S6/c94-139(95,61-25-1-49(2-26-61)106-130-79-118-73-119-80-130)67-37-13-55(14-38-67)112-136(113-56-15-39-68(40-16-56)140(96,97)62-27-3-50(4-28-62)107-131-81-120-74-121-82-131)91-137(114-57-17-41-69(42-18-57)141(98,99)63-29-5-51(6-30-63)108-132-83-122-75-123-84-132,115-58-19-43-70(44-20-58)142(100,101)64-31-7-52(8-32-64)109-133-85-124-76-125-86-133)93-138(92-136,116-59-21-45-71(46-22-59)143(102,103)65-33-9-53(10-34-65)110-134-87-126-77-127-88-134)117-60-23-47-72(48-24-60)144(104,105)66-35-11-54(12-36-66)111-135-89-128-78-129-90-135/h1-48H/q+6. The first-order valence-electron chi connectivity index (χ1n) is 39.3. The van der Waals surface area contributed by atoms with Crippen molar-refractivity contribution in [1.82, 2.24) is 81.2 Å². The SMILES string of the molecule is O=S(=O)(c1ccc(O[p+]2npnpn2)cc1)c1ccc(OP2(Oc3ccc(S(=O)(=O)c4ccc(O[p+]5npnpn5)cc4)cc3)=NP(Oc3ccc(S(=O)(=O)c4ccc(O[p+]5npnpn5)cc4)cc3)(Oc3ccc(S(=O)(=O)c4ccc(O[p+]5npnpn5)cc4)cc3)=NP(Oc3ccc(S(=O)(=O)c4ccc(O[p+]5npnpn5)cc4)cc3)(Oc3ccc(S(=O)(=O)c4ccc(O[p+]5npnpn5)cc4)cc3)=N2)cc1. The van der Waals surface area contributed by atoms with Gasteiger partial charge in [-0.3, -0.25) is 0 Å². The van der Waals surface area contributed by atoms with E-state index in [0.29, 0.717) is 102 Å². The summed E-state index contributed by atoms with van der Waals surface area (Å²) in [6.45, 7) is 0. The quantitative estimate of drug-likeness (QED) is 0.0329. The molecule has 0 atom stereocenters. The van der Waals surface area contributed by atoms with Crippen molar-refractivity contribution in [3.05, 3.63) is 291 Å². The highest BCUT2D eigenvalue weighted by molar-refractivity contribution is 7.93. The highest BCUT2D eigenvalue weighted by Crippen LogP contribution is 2.79. The lowest BCUT2D eigenvalue weighted by Gasteiger charge is -2.33. The number of hydrogen-bond donors (Lipinski definition) is 0. The van der Waals surface area contributed by atoms with Gasteiger partial charge in [0.1, 0.15) is 34.5 Å². The van der Waals surface area contributed by atoms with Crippen LogP contribution in [0.4, 0.5) is 0 Å². The van der Waals surface area contributed by atoms with E-state index in [9.17, 15) is 50.5 Å². The molecule has 18 aromatic rings. The molecule has 1 aliphatic heterocycles. The summed E-state index contributed by atoms with van der Waals surface area (Å²) in [6, 6.07) is 61.7. The molecule has 0 N–H and O–H groups in total. The second-order valence-electron chi connectivity index (χ2n) is 27.7. The average molecular weight is 2430 g/mol. The Balaban J connectivity index is 0.798. The fourth-order valence-corrected chi connectivity index (χ4v) is 44.9. The molecular formula is C72H48N21O24P21S6+6. The normalized spacial score (nSPS) is 16.7. The fourth-order valence-electron chi connectivity index (χ4n) is 12.2. The summed E-state index contributed by atoms with van der Waals surface area (Å²) in [4.78, 5) is -3.00. The number of benzene rings is 12. The number of aromatic nitrogens is 18. The molecule has 7 heterocycles. The van der Waals surface area contributed by atoms with Gasteiger partial charge >= 0.3 is 174 Å². The third-order valence-corrected chi connectivity index (χ3v) is 54.7. The molecule has 0 radical (unpaired) electrons. The van der Waals surface area contributed by atoms with Crippen LogP contribution >= 0.6 is 174 Å². The zero-order valence-electron chi connectivity index (χ0n) is 70.7. The maximum Gasteiger partial charge on any atom is 0.460 e. The van der Waals surface area contributed by atoms with Crippen molar-refractivity contribution in [2.75, 3.05) is 0 Å². The molecule has 0 saturated heterocycles. The Morgan fingerprint density at radius 1 is 0.153 bits per heavy atom. The minimum atomic E-state index is -5.37. The van der Waals surface area contributed by atoms with Gasteiger partial charge in [0.25, 0.3) is 0 Å². The largest absolute Gasteiger partial charge is 0.460 e. The predicted molar refractivity (Wildman–Crippen MR) is 550 cm³/mol. The summed E-state index contributed by atoms with van der Waals surface area (Å²) in [6.07, 6.45) is 0. The van der Waals surface area contributed by atoms with Crippen LogP contribution in [0, 0.1) is 0 Å². The van der Waals surface area contributed by atoms with Crippen molar-refractivity contribution in [2.24, 2.45) is 13.5 Å². The van der Waals surface area contributed by atoms with Crippen LogP contribution in [0.15, 0.2) is 363 Å². The molecule has 0 fully saturated rings. The highest BCUT2D eigenvalue weighted by Gasteiger charge is 2.50. The Morgan fingerprint density at radius 3 is 0.354 bits per heavy atom. The van der Waals surface area contributed by atoms with Gasteiger partial charge < -0.3 is 54.3 Å². The lowest BCUT2D eigenvalue weighted by atomic mass is 10.3. The molecule has 45 nitrogen and oxygen atoms in total. The molecule has 0 saturated carbocycles. The maximum atomic E-state index is 14.9. The van der Waals surface area contributed by atoms with Crippen LogP contribution in [-0.2, 0) is 59.0 Å². The third-order valence-electron chi connectivity index (χ3n) is 18.6. The summed E-state index contributed by atoms with van der Waals surface area (Å²) in [7, 11) is -47.7. The first kappa shape index (κ1) is 103. The molecule has 0 spiro atoms. The highest BCUT2D eigenvalue weighted by atomic mass is 32.2. The minimum absolute atomic E-state index is 0.191. The van der Waals surface area contributed by atoms with Gasteiger partial charge in [-0.15, -0.1) is 0 Å². The van der Waals surface area contributed by atoms with Gasteiger partial charge in [-0.05, 0) is 318 Å². The smallest absolute Gasteiger partial charge is 0.413 e. The van der Waals surface area contributed by atoms with E-state index in [1.165, 1.54) is 291 Å². The summed E-state index contributed by atoms with van der Waals surface area (Å²) in [5.74, 6) is -0.373. The fraction of sp³-hybridized carbons (Fsp3) is 0. The van der Waals surface area contributed by atoms with E-state index in [4.69, 9.17) is 67.8 Å². The first-order chi connectivity index (χ1) is 69.6. The van der Waals surface area contributed by atoms with Crippen molar-refractivity contribution >= 4 is 233 Å². The summed E-state index contributed by atoms with van der Waals surface area (Å²) >= 11 is 0. The van der Waals surface area contributed by atoms with E-state index in [0.717, 1.165) is 0 Å². The van der Waals surface area contributed by atoms with E-state index in [1.54, 1.807) is 0 Å². The molecule has 0 unspecified atom stereocenters. The molecule has 12 aromatic carbocycles. The molecule has 19 rings (SSSR count). The van der Waals surface area contributed by atoms with Crippen LogP contribution in [0.2, 0.25) is 0 Å². The summed E-state index contributed by atoms with van der Waals surface area (Å²) in [5, 5.41) is 0. The first-order valence-corrected chi connectivity index (χ1v) is 69.4. The zero-order valence-corrected chi connectivity index (χ0v) is 94.4. The lowest BCUT2D eigenvalue weighted by Crippen LogP contribution is -2.12. The van der Waals surface area contributed by atoms with Gasteiger partial charge in [-0.2, -0.15) is 0 Å². The number of nitrogens with zero attached hydrogens (tertiary/aromatic N) is 21. The van der Waals surface area contributed by atoms with Crippen molar-refractivity contribution in [1.29, 1.82) is 0 Å². The molecule has 0 aliphatic carbocycles. The second-order valence-corrected chi connectivity index (χ2v) is 64.8. The molecule has 1 aliphatic rings. The summed E-state index contributed by atoms with van der Waals surface area (Å²) < 4.78 is 348. The lowest BCUT2D eigenvalue weighted by molar-refractivity contribution is 0.442. The van der Waals surface area contributed by atoms with E-state index < -0.39 is 130 Å². The zero-order chi connectivity index (χ0) is 99.6. The monoisotopic (exact) mass is 2430 g/mol. The second kappa shape index (κ2) is 45.2. The third kappa shape index (κ3) is 25.0. The van der Waals surface area contributed by atoms with Crippen LogP contribution in [-0.4, -0.2) is 132 Å². The topological polar surface area (TPSA) is 585 Å².